The minimum absolute atomic E-state index is 0.282. The van der Waals surface area contributed by atoms with Crippen molar-refractivity contribution in [3.63, 3.8) is 0 Å². The normalized spacial score (nSPS) is 33.7. The summed E-state index contributed by atoms with van der Waals surface area (Å²) in [4.78, 5) is 5.35. The lowest BCUT2D eigenvalue weighted by Gasteiger charge is -2.49. The highest BCUT2D eigenvalue weighted by atomic mass is 15.3. The molecular weight excluding hydrogens is 210 g/mol. The number of nitrogens with zero attached hydrogens (tertiary/aromatic N) is 2. The van der Waals surface area contributed by atoms with Gasteiger partial charge in [0.2, 0.25) is 0 Å². The molecule has 2 heterocycles. The molecule has 0 spiro atoms. The molecule has 0 aromatic rings. The Hall–Kier alpha value is -0.120. The van der Waals surface area contributed by atoms with Crippen LogP contribution in [0.15, 0.2) is 0 Å². The van der Waals surface area contributed by atoms with Gasteiger partial charge in [-0.05, 0) is 31.7 Å². The summed E-state index contributed by atoms with van der Waals surface area (Å²) >= 11 is 0. The first-order valence-electron chi connectivity index (χ1n) is 7.13. The molecule has 2 rings (SSSR count). The maximum absolute atomic E-state index is 6.03. The van der Waals surface area contributed by atoms with Crippen LogP contribution in [0.3, 0.4) is 0 Å². The molecule has 0 radical (unpaired) electrons. The van der Waals surface area contributed by atoms with Gasteiger partial charge in [-0.25, -0.2) is 0 Å². The molecule has 0 amide bonds. The van der Waals surface area contributed by atoms with Crippen molar-refractivity contribution >= 4 is 0 Å². The SMILES string of the molecule is CC1CN2CCCC2CN1C(CN)C(C)(C)C. The summed E-state index contributed by atoms with van der Waals surface area (Å²) < 4.78 is 0. The lowest BCUT2D eigenvalue weighted by Crippen LogP contribution is -2.62. The Labute approximate surface area is 106 Å². The second-order valence-electron chi connectivity index (χ2n) is 6.95. The third-order valence-corrected chi connectivity index (χ3v) is 4.61. The fourth-order valence-corrected chi connectivity index (χ4v) is 3.63. The smallest absolute Gasteiger partial charge is 0.0270 e. The van der Waals surface area contributed by atoms with Crippen LogP contribution in [0, 0.1) is 5.41 Å². The minimum Gasteiger partial charge on any atom is -0.329 e. The maximum Gasteiger partial charge on any atom is 0.0270 e. The number of fused-ring (bicyclic) bond motifs is 1. The Morgan fingerprint density at radius 3 is 2.59 bits per heavy atom. The summed E-state index contributed by atoms with van der Waals surface area (Å²) in [6.07, 6.45) is 2.76. The van der Waals surface area contributed by atoms with Crippen molar-refractivity contribution in [2.24, 2.45) is 11.1 Å². The molecule has 2 saturated heterocycles. The van der Waals surface area contributed by atoms with E-state index in [0.717, 1.165) is 12.6 Å². The summed E-state index contributed by atoms with van der Waals surface area (Å²) in [6, 6.07) is 1.96. The van der Waals surface area contributed by atoms with Gasteiger partial charge in [-0.1, -0.05) is 20.8 Å². The van der Waals surface area contributed by atoms with Crippen LogP contribution < -0.4 is 5.73 Å². The Bertz CT molecular complexity index is 259. The molecule has 2 aliphatic heterocycles. The molecular formula is C14H29N3. The highest BCUT2D eigenvalue weighted by Gasteiger charge is 2.40. The van der Waals surface area contributed by atoms with Crippen LogP contribution >= 0.6 is 0 Å². The van der Waals surface area contributed by atoms with Crippen molar-refractivity contribution in [3.8, 4) is 0 Å². The molecule has 0 aromatic carbocycles. The molecule has 3 heteroatoms. The quantitative estimate of drug-likeness (QED) is 0.793. The van der Waals surface area contributed by atoms with Gasteiger partial charge in [-0.15, -0.1) is 0 Å². The summed E-state index contributed by atoms with van der Waals surface area (Å²) in [5.74, 6) is 0. The van der Waals surface area contributed by atoms with E-state index >= 15 is 0 Å². The van der Waals surface area contributed by atoms with E-state index in [1.54, 1.807) is 0 Å². The molecule has 3 unspecified atom stereocenters. The van der Waals surface area contributed by atoms with Crippen molar-refractivity contribution < 1.29 is 0 Å². The van der Waals surface area contributed by atoms with Crippen LogP contribution in [0.4, 0.5) is 0 Å². The lowest BCUT2D eigenvalue weighted by molar-refractivity contribution is -0.00533. The largest absolute Gasteiger partial charge is 0.329 e. The Kier molecular flexibility index (Phi) is 3.81. The number of piperazine rings is 1. The van der Waals surface area contributed by atoms with Crippen LogP contribution in [-0.2, 0) is 0 Å². The van der Waals surface area contributed by atoms with Gasteiger partial charge in [0.15, 0.2) is 0 Å². The molecule has 0 aliphatic carbocycles. The summed E-state index contributed by atoms with van der Waals surface area (Å²) in [6.45, 7) is 13.9. The lowest BCUT2D eigenvalue weighted by atomic mass is 9.84. The highest BCUT2D eigenvalue weighted by Crippen LogP contribution is 2.31. The highest BCUT2D eigenvalue weighted by molar-refractivity contribution is 4.96. The average molecular weight is 239 g/mol. The summed E-state index contributed by atoms with van der Waals surface area (Å²) in [5.41, 5.74) is 6.32. The predicted octanol–water partition coefficient (Wildman–Crippen LogP) is 1.53. The molecule has 2 N–H and O–H groups in total. The number of hydrogen-bond donors (Lipinski definition) is 1. The summed E-state index contributed by atoms with van der Waals surface area (Å²) in [7, 11) is 0. The molecule has 0 saturated carbocycles. The number of rotatable bonds is 2. The third-order valence-electron chi connectivity index (χ3n) is 4.61. The Balaban J connectivity index is 2.09. The van der Waals surface area contributed by atoms with Crippen LogP contribution in [-0.4, -0.2) is 54.1 Å². The van der Waals surface area contributed by atoms with Gasteiger partial charge in [0.05, 0.1) is 0 Å². The van der Waals surface area contributed by atoms with Gasteiger partial charge in [0.25, 0.3) is 0 Å². The van der Waals surface area contributed by atoms with Gasteiger partial charge < -0.3 is 5.73 Å². The average Bonchev–Trinajstić information content (AvgIpc) is 2.64. The van der Waals surface area contributed by atoms with E-state index in [2.05, 4.69) is 37.5 Å². The van der Waals surface area contributed by atoms with E-state index in [0.29, 0.717) is 12.1 Å². The molecule has 2 fully saturated rings. The van der Waals surface area contributed by atoms with Crippen molar-refractivity contribution in [1.82, 2.24) is 9.80 Å². The monoisotopic (exact) mass is 239 g/mol. The van der Waals surface area contributed by atoms with Crippen molar-refractivity contribution in [2.45, 2.75) is 58.7 Å². The fraction of sp³-hybridized carbons (Fsp3) is 1.00. The van der Waals surface area contributed by atoms with Crippen molar-refractivity contribution in [2.75, 3.05) is 26.2 Å². The first-order valence-corrected chi connectivity index (χ1v) is 7.13. The van der Waals surface area contributed by atoms with Crippen LogP contribution in [0.25, 0.3) is 0 Å². The fourth-order valence-electron chi connectivity index (χ4n) is 3.63. The zero-order chi connectivity index (χ0) is 12.6. The summed E-state index contributed by atoms with van der Waals surface area (Å²) in [5, 5.41) is 0. The Morgan fingerprint density at radius 1 is 1.29 bits per heavy atom. The number of nitrogens with two attached hydrogens (primary N) is 1. The van der Waals surface area contributed by atoms with Crippen molar-refractivity contribution in [3.05, 3.63) is 0 Å². The van der Waals surface area contributed by atoms with Gasteiger partial charge in [0, 0.05) is 37.8 Å². The Morgan fingerprint density at radius 2 is 2.00 bits per heavy atom. The predicted molar refractivity (Wildman–Crippen MR) is 73.1 cm³/mol. The molecule has 3 atom stereocenters. The first-order chi connectivity index (χ1) is 7.93. The van der Waals surface area contributed by atoms with Gasteiger partial charge in [-0.3, -0.25) is 9.80 Å². The first kappa shape index (κ1) is 13.3. The topological polar surface area (TPSA) is 32.5 Å². The van der Waals surface area contributed by atoms with Crippen LogP contribution in [0.1, 0.15) is 40.5 Å². The van der Waals surface area contributed by atoms with Gasteiger partial charge in [0.1, 0.15) is 0 Å². The molecule has 0 aromatic heterocycles. The van der Waals surface area contributed by atoms with E-state index in [-0.39, 0.29) is 5.41 Å². The van der Waals surface area contributed by atoms with E-state index < -0.39 is 0 Å². The second kappa shape index (κ2) is 4.87. The minimum atomic E-state index is 0.282. The second-order valence-corrected chi connectivity index (χ2v) is 6.95. The number of hydrogen-bond acceptors (Lipinski definition) is 3. The van der Waals surface area contributed by atoms with Gasteiger partial charge >= 0.3 is 0 Å². The zero-order valence-corrected chi connectivity index (χ0v) is 11.9. The maximum atomic E-state index is 6.03. The van der Waals surface area contributed by atoms with E-state index in [1.807, 2.05) is 0 Å². The third kappa shape index (κ3) is 2.67. The van der Waals surface area contributed by atoms with E-state index in [1.165, 1.54) is 32.5 Å². The van der Waals surface area contributed by atoms with E-state index in [4.69, 9.17) is 5.73 Å². The standard InChI is InChI=1S/C14H29N3/c1-11-9-16-7-5-6-12(16)10-17(11)13(8-15)14(2,3)4/h11-13H,5-10,15H2,1-4H3. The molecule has 17 heavy (non-hydrogen) atoms. The van der Waals surface area contributed by atoms with E-state index in [9.17, 15) is 0 Å². The van der Waals surface area contributed by atoms with Crippen molar-refractivity contribution in [1.29, 1.82) is 0 Å². The molecule has 100 valence electrons. The van der Waals surface area contributed by atoms with Crippen LogP contribution in [0.5, 0.6) is 0 Å². The van der Waals surface area contributed by atoms with Crippen LogP contribution in [0.2, 0.25) is 0 Å². The van der Waals surface area contributed by atoms with Gasteiger partial charge in [-0.2, -0.15) is 0 Å². The molecule has 2 aliphatic rings. The molecule has 0 bridgehead atoms. The zero-order valence-electron chi connectivity index (χ0n) is 11.9. The molecule has 3 nitrogen and oxygen atoms in total.